The van der Waals surface area contributed by atoms with Crippen molar-refractivity contribution in [1.29, 1.82) is 0 Å². The van der Waals surface area contributed by atoms with Crippen LogP contribution in [0, 0.1) is 6.92 Å². The molecule has 0 unspecified atom stereocenters. The van der Waals surface area contributed by atoms with Crippen LogP contribution in [0.2, 0.25) is 0 Å². The lowest BCUT2D eigenvalue weighted by atomic mass is 10.2. The molecule has 0 saturated heterocycles. The summed E-state index contributed by atoms with van der Waals surface area (Å²) in [4.78, 5) is 5.26. The fourth-order valence-corrected chi connectivity index (χ4v) is 2.82. The van der Waals surface area contributed by atoms with E-state index >= 15 is 0 Å². The van der Waals surface area contributed by atoms with E-state index in [9.17, 15) is 8.42 Å². The van der Waals surface area contributed by atoms with Crippen molar-refractivity contribution in [3.8, 4) is 0 Å². The Morgan fingerprint density at radius 3 is 2.68 bits per heavy atom. The van der Waals surface area contributed by atoms with Crippen molar-refractivity contribution in [3.63, 3.8) is 0 Å². The Balaban J connectivity index is 2.16. The minimum absolute atomic E-state index is 0.00419. The number of nitrogens with zero attached hydrogens (tertiary/aromatic N) is 1. The molecule has 8 heteroatoms. The van der Waals surface area contributed by atoms with Crippen LogP contribution in [0.25, 0.3) is 0 Å². The van der Waals surface area contributed by atoms with E-state index in [-0.39, 0.29) is 4.90 Å². The van der Waals surface area contributed by atoms with E-state index in [1.807, 2.05) is 6.92 Å². The summed E-state index contributed by atoms with van der Waals surface area (Å²) in [6.45, 7) is 2.52. The van der Waals surface area contributed by atoms with E-state index in [2.05, 4.69) is 10.3 Å². The molecule has 0 amide bonds. The Kier molecular flexibility index (Phi) is 3.74. The monoisotopic (exact) mass is 298 g/mol. The van der Waals surface area contributed by atoms with Gasteiger partial charge >= 0.3 is 0 Å². The fourth-order valence-electron chi connectivity index (χ4n) is 1.55. The highest BCUT2D eigenvalue weighted by molar-refractivity contribution is 7.89. The number of benzene rings is 1. The van der Waals surface area contributed by atoms with Crippen molar-refractivity contribution in [2.75, 3.05) is 11.1 Å². The predicted molar refractivity (Wildman–Crippen MR) is 76.4 cm³/mol. The topological polar surface area (TPSA) is 111 Å². The lowest BCUT2D eigenvalue weighted by Crippen LogP contribution is -2.13. The number of sulfonamides is 1. The normalized spacial score (nSPS) is 11.5. The average molecular weight is 298 g/mol. The molecule has 0 fully saturated rings. The zero-order valence-corrected chi connectivity index (χ0v) is 11.9. The third-order valence-corrected chi connectivity index (χ3v) is 4.48. The summed E-state index contributed by atoms with van der Waals surface area (Å²) < 4.78 is 22.4. The first-order valence-electron chi connectivity index (χ1n) is 5.43. The number of rotatable bonds is 4. The molecular formula is C11H14N4O2S2. The standard InChI is InChI=1S/C11H14N4O2S2/c1-7-11(18-6-15-7)5-14-10-3-2-8(4-9(10)12)19(13,16)17/h2-4,6,14H,5,12H2,1H3,(H2,13,16,17). The molecule has 1 heterocycles. The number of anilines is 2. The number of aromatic nitrogens is 1. The Morgan fingerprint density at radius 1 is 1.42 bits per heavy atom. The highest BCUT2D eigenvalue weighted by Crippen LogP contribution is 2.23. The maximum atomic E-state index is 11.2. The molecule has 2 aromatic rings. The molecule has 1 aromatic carbocycles. The smallest absolute Gasteiger partial charge is 0.238 e. The van der Waals surface area contributed by atoms with Gasteiger partial charge in [-0.15, -0.1) is 11.3 Å². The van der Waals surface area contributed by atoms with Gasteiger partial charge in [-0.05, 0) is 25.1 Å². The molecule has 0 saturated carbocycles. The van der Waals surface area contributed by atoms with Gasteiger partial charge in [-0.25, -0.2) is 18.5 Å². The minimum Gasteiger partial charge on any atom is -0.397 e. The van der Waals surface area contributed by atoms with Crippen molar-refractivity contribution in [2.24, 2.45) is 5.14 Å². The van der Waals surface area contributed by atoms with Gasteiger partial charge in [-0.1, -0.05) is 0 Å². The van der Waals surface area contributed by atoms with Crippen molar-refractivity contribution in [2.45, 2.75) is 18.4 Å². The molecule has 0 aliphatic heterocycles. The van der Waals surface area contributed by atoms with Crippen LogP contribution in [0.4, 0.5) is 11.4 Å². The molecule has 0 atom stereocenters. The fraction of sp³-hybridized carbons (Fsp3) is 0.182. The number of nitrogens with two attached hydrogens (primary N) is 2. The number of primary sulfonamides is 1. The van der Waals surface area contributed by atoms with Crippen molar-refractivity contribution >= 4 is 32.7 Å². The van der Waals surface area contributed by atoms with Gasteiger partial charge in [-0.2, -0.15) is 0 Å². The van der Waals surface area contributed by atoms with E-state index in [0.717, 1.165) is 10.6 Å². The molecule has 6 nitrogen and oxygen atoms in total. The second-order valence-corrected chi connectivity index (χ2v) is 6.51. The zero-order chi connectivity index (χ0) is 14.0. The molecule has 0 aliphatic carbocycles. The molecule has 0 aliphatic rings. The molecule has 19 heavy (non-hydrogen) atoms. The quantitative estimate of drug-likeness (QED) is 0.737. The van der Waals surface area contributed by atoms with Gasteiger partial charge in [0.05, 0.1) is 34.0 Å². The minimum atomic E-state index is -3.72. The third kappa shape index (κ3) is 3.22. The first-order chi connectivity index (χ1) is 8.88. The largest absolute Gasteiger partial charge is 0.397 e. The highest BCUT2D eigenvalue weighted by atomic mass is 32.2. The number of hydrogen-bond donors (Lipinski definition) is 3. The van der Waals surface area contributed by atoms with Gasteiger partial charge < -0.3 is 11.1 Å². The summed E-state index contributed by atoms with van der Waals surface area (Å²) in [6, 6.07) is 4.37. The van der Waals surface area contributed by atoms with E-state index in [1.54, 1.807) is 22.9 Å². The number of thiazole rings is 1. The van der Waals surface area contributed by atoms with Crippen LogP contribution in [-0.2, 0) is 16.6 Å². The molecule has 0 bridgehead atoms. The van der Waals surface area contributed by atoms with Crippen LogP contribution < -0.4 is 16.2 Å². The number of nitrogen functional groups attached to an aromatic ring is 1. The first kappa shape index (κ1) is 13.8. The van der Waals surface area contributed by atoms with Crippen LogP contribution in [0.1, 0.15) is 10.6 Å². The molecule has 2 rings (SSSR count). The van der Waals surface area contributed by atoms with Gasteiger partial charge in [0, 0.05) is 4.88 Å². The van der Waals surface area contributed by atoms with Gasteiger partial charge in [0.15, 0.2) is 0 Å². The zero-order valence-electron chi connectivity index (χ0n) is 10.3. The first-order valence-corrected chi connectivity index (χ1v) is 7.85. The summed E-state index contributed by atoms with van der Waals surface area (Å²) >= 11 is 1.55. The second kappa shape index (κ2) is 5.16. The van der Waals surface area contributed by atoms with E-state index in [1.165, 1.54) is 12.1 Å². The number of nitrogens with one attached hydrogen (secondary N) is 1. The summed E-state index contributed by atoms with van der Waals surface area (Å²) in [5, 5.41) is 8.18. The summed E-state index contributed by atoms with van der Waals surface area (Å²) in [5.41, 5.74) is 9.56. The van der Waals surface area contributed by atoms with Gasteiger partial charge in [0.2, 0.25) is 10.0 Å². The Bertz CT molecular complexity index is 694. The van der Waals surface area contributed by atoms with Crippen molar-refractivity contribution in [1.82, 2.24) is 4.98 Å². The van der Waals surface area contributed by atoms with E-state index in [4.69, 9.17) is 10.9 Å². The average Bonchev–Trinajstić information content (AvgIpc) is 2.72. The van der Waals surface area contributed by atoms with Gasteiger partial charge in [0.1, 0.15) is 0 Å². The second-order valence-electron chi connectivity index (χ2n) is 4.01. The maximum absolute atomic E-state index is 11.2. The van der Waals surface area contributed by atoms with Crippen LogP contribution >= 0.6 is 11.3 Å². The third-order valence-electron chi connectivity index (χ3n) is 2.64. The molecular weight excluding hydrogens is 284 g/mol. The molecule has 5 N–H and O–H groups in total. The summed E-state index contributed by atoms with van der Waals surface area (Å²) in [5.74, 6) is 0. The lowest BCUT2D eigenvalue weighted by molar-refractivity contribution is 0.598. The number of aryl methyl sites for hydroxylation is 1. The van der Waals surface area contributed by atoms with Crippen LogP contribution in [0.5, 0.6) is 0 Å². The Morgan fingerprint density at radius 2 is 2.16 bits per heavy atom. The van der Waals surface area contributed by atoms with Gasteiger partial charge in [0.25, 0.3) is 0 Å². The predicted octanol–water partition coefficient (Wildman–Crippen LogP) is 1.29. The molecule has 0 spiro atoms. The summed E-state index contributed by atoms with van der Waals surface area (Å²) in [7, 11) is -3.72. The number of hydrogen-bond acceptors (Lipinski definition) is 6. The van der Waals surface area contributed by atoms with Crippen LogP contribution in [-0.4, -0.2) is 13.4 Å². The Labute approximate surface area is 115 Å². The molecule has 1 aromatic heterocycles. The van der Waals surface area contributed by atoms with E-state index < -0.39 is 10.0 Å². The van der Waals surface area contributed by atoms with Crippen molar-refractivity contribution in [3.05, 3.63) is 34.3 Å². The highest BCUT2D eigenvalue weighted by Gasteiger charge is 2.10. The van der Waals surface area contributed by atoms with Gasteiger partial charge in [-0.3, -0.25) is 0 Å². The van der Waals surface area contributed by atoms with Crippen LogP contribution in [0.3, 0.4) is 0 Å². The van der Waals surface area contributed by atoms with Crippen LogP contribution in [0.15, 0.2) is 28.6 Å². The maximum Gasteiger partial charge on any atom is 0.238 e. The van der Waals surface area contributed by atoms with Crippen molar-refractivity contribution < 1.29 is 8.42 Å². The Hall–Kier alpha value is -1.64. The summed E-state index contributed by atoms with van der Waals surface area (Å²) in [6.07, 6.45) is 0. The SMILES string of the molecule is Cc1ncsc1CNc1ccc(S(N)(=O)=O)cc1N. The molecule has 0 radical (unpaired) electrons. The molecule has 102 valence electrons. The van der Waals surface area contributed by atoms with E-state index in [0.29, 0.717) is 17.9 Å². The lowest BCUT2D eigenvalue weighted by Gasteiger charge is -2.09.